The monoisotopic (exact) mass is 550 g/mol. The number of benzene rings is 1. The molecule has 9 heteroatoms. The third kappa shape index (κ3) is 7.66. The Morgan fingerprint density at radius 1 is 1.26 bits per heavy atom. The second kappa shape index (κ2) is 13.4. The van der Waals surface area contributed by atoms with E-state index < -0.39 is 0 Å². The van der Waals surface area contributed by atoms with Crippen molar-refractivity contribution in [1.29, 1.82) is 0 Å². The van der Waals surface area contributed by atoms with E-state index in [1.54, 1.807) is 11.6 Å². The molecule has 186 valence electrons. The molecule has 34 heavy (non-hydrogen) atoms. The minimum absolute atomic E-state index is 0.0136. The number of morpholine rings is 1. The molecule has 1 saturated heterocycles. The maximum atomic E-state index is 13.1. The van der Waals surface area contributed by atoms with E-state index in [-0.39, 0.29) is 16.7 Å². The van der Waals surface area contributed by atoms with Gasteiger partial charge < -0.3 is 10.1 Å². The highest BCUT2D eigenvalue weighted by atomic mass is 79.9. The molecule has 1 aromatic heterocycles. The number of amides is 1. The van der Waals surface area contributed by atoms with Crippen LogP contribution in [0.1, 0.15) is 43.0 Å². The molecular weight excluding hydrogens is 516 g/mol. The minimum atomic E-state index is -0.275. The maximum Gasteiger partial charge on any atom is 0.257 e. The summed E-state index contributed by atoms with van der Waals surface area (Å²) in [5.74, 6) is 0.0136. The van der Waals surface area contributed by atoms with Crippen molar-refractivity contribution in [1.82, 2.24) is 19.8 Å². The summed E-state index contributed by atoms with van der Waals surface area (Å²) in [7, 11) is 1.74. The van der Waals surface area contributed by atoms with Crippen LogP contribution in [0.5, 0.6) is 0 Å². The van der Waals surface area contributed by atoms with Gasteiger partial charge in [-0.1, -0.05) is 53.2 Å². The van der Waals surface area contributed by atoms with Crippen molar-refractivity contribution >= 4 is 33.6 Å². The van der Waals surface area contributed by atoms with E-state index in [1.165, 1.54) is 11.8 Å². The largest absolute Gasteiger partial charge is 0.379 e. The van der Waals surface area contributed by atoms with Crippen LogP contribution in [-0.2, 0) is 23.0 Å². The fraction of sp³-hybridized carbons (Fsp3) is 0.560. The molecule has 1 atom stereocenters. The number of aryl methyl sites for hydroxylation is 1. The maximum absolute atomic E-state index is 13.1. The summed E-state index contributed by atoms with van der Waals surface area (Å²) in [6.07, 6.45) is 3.06. The first-order chi connectivity index (χ1) is 16.4. The number of thioether (sulfide) groups is 1. The summed E-state index contributed by atoms with van der Waals surface area (Å²) in [5.41, 5.74) is 2.41. The fourth-order valence-electron chi connectivity index (χ4n) is 3.93. The summed E-state index contributed by atoms with van der Waals surface area (Å²) < 4.78 is 7.97. The highest BCUT2D eigenvalue weighted by Gasteiger charge is 2.22. The van der Waals surface area contributed by atoms with Crippen LogP contribution in [0, 0.1) is 6.92 Å². The van der Waals surface area contributed by atoms with E-state index in [0.29, 0.717) is 23.7 Å². The van der Waals surface area contributed by atoms with Crippen molar-refractivity contribution in [2.75, 3.05) is 39.4 Å². The number of aromatic nitrogens is 2. The molecule has 1 aliphatic heterocycles. The van der Waals surface area contributed by atoms with Crippen molar-refractivity contribution in [2.24, 2.45) is 7.05 Å². The summed E-state index contributed by atoms with van der Waals surface area (Å²) in [6, 6.07) is 7.96. The molecular formula is C25H35BrN4O3S. The van der Waals surface area contributed by atoms with Crippen LogP contribution in [0.3, 0.4) is 0 Å². The molecule has 0 aliphatic carbocycles. The van der Waals surface area contributed by atoms with Gasteiger partial charge in [0, 0.05) is 48.8 Å². The third-order valence-electron chi connectivity index (χ3n) is 5.99. The average molecular weight is 552 g/mol. The van der Waals surface area contributed by atoms with E-state index in [4.69, 9.17) is 9.72 Å². The summed E-state index contributed by atoms with van der Waals surface area (Å²) in [6.45, 7) is 9.04. The van der Waals surface area contributed by atoms with E-state index in [0.717, 1.165) is 67.8 Å². The Labute approximate surface area is 214 Å². The molecule has 0 saturated carbocycles. The molecule has 1 fully saturated rings. The molecule has 7 nitrogen and oxygen atoms in total. The first-order valence-corrected chi connectivity index (χ1v) is 13.6. The number of nitrogens with one attached hydrogen (secondary N) is 1. The van der Waals surface area contributed by atoms with Crippen molar-refractivity contribution < 1.29 is 9.53 Å². The Morgan fingerprint density at radius 2 is 1.97 bits per heavy atom. The van der Waals surface area contributed by atoms with Crippen LogP contribution < -0.4 is 10.9 Å². The molecule has 1 N–H and O–H groups in total. The lowest BCUT2D eigenvalue weighted by Gasteiger charge is -2.26. The standard InChI is InChI=1S/C25H35BrN4O3S/c1-4-6-22(23(31)27-11-5-12-30-13-15-33-16-14-30)34-25-28-18(2)21(24(32)29(25)3)17-19-7-9-20(26)10-8-19/h7-10,22H,4-6,11-17H2,1-3H3,(H,27,31). The van der Waals surface area contributed by atoms with Crippen LogP contribution in [0.15, 0.2) is 38.7 Å². The van der Waals surface area contributed by atoms with Crippen LogP contribution in [0.2, 0.25) is 0 Å². The predicted molar refractivity (Wildman–Crippen MR) is 141 cm³/mol. The number of carbonyl (C=O) groups is 1. The van der Waals surface area contributed by atoms with Gasteiger partial charge in [0.25, 0.3) is 5.56 Å². The summed E-state index contributed by atoms with van der Waals surface area (Å²) >= 11 is 4.83. The van der Waals surface area contributed by atoms with Gasteiger partial charge in [-0.25, -0.2) is 4.98 Å². The van der Waals surface area contributed by atoms with Gasteiger partial charge in [-0.2, -0.15) is 0 Å². The summed E-state index contributed by atoms with van der Waals surface area (Å²) in [4.78, 5) is 33.2. The van der Waals surface area contributed by atoms with Crippen LogP contribution in [0.4, 0.5) is 0 Å². The van der Waals surface area contributed by atoms with Gasteiger partial charge in [0.2, 0.25) is 5.91 Å². The van der Waals surface area contributed by atoms with Gasteiger partial charge in [0.05, 0.1) is 18.5 Å². The highest BCUT2D eigenvalue weighted by molar-refractivity contribution is 9.10. The Bertz CT molecular complexity index is 1010. The lowest BCUT2D eigenvalue weighted by Crippen LogP contribution is -2.39. The number of halogens is 1. The second-order valence-corrected chi connectivity index (χ2v) is 10.7. The molecule has 3 rings (SSSR count). The Hall–Kier alpha value is -1.68. The number of rotatable bonds is 11. The molecule has 1 amide bonds. The zero-order valence-corrected chi connectivity index (χ0v) is 22.7. The van der Waals surface area contributed by atoms with Crippen LogP contribution >= 0.6 is 27.7 Å². The molecule has 0 spiro atoms. The van der Waals surface area contributed by atoms with Crippen molar-refractivity contribution in [2.45, 2.75) is 49.9 Å². The molecule has 1 unspecified atom stereocenters. The first-order valence-electron chi connectivity index (χ1n) is 11.9. The zero-order chi connectivity index (χ0) is 24.5. The van der Waals surface area contributed by atoms with E-state index >= 15 is 0 Å². The fourth-order valence-corrected chi connectivity index (χ4v) is 5.42. The van der Waals surface area contributed by atoms with E-state index in [9.17, 15) is 9.59 Å². The van der Waals surface area contributed by atoms with Gasteiger partial charge in [0.15, 0.2) is 5.16 Å². The van der Waals surface area contributed by atoms with E-state index in [2.05, 4.69) is 33.1 Å². The molecule has 2 heterocycles. The van der Waals surface area contributed by atoms with Gasteiger partial charge >= 0.3 is 0 Å². The Morgan fingerprint density at radius 3 is 2.65 bits per heavy atom. The van der Waals surface area contributed by atoms with Gasteiger partial charge in [-0.15, -0.1) is 0 Å². The number of nitrogens with zero attached hydrogens (tertiary/aromatic N) is 3. The molecule has 2 aromatic rings. The van der Waals surface area contributed by atoms with Crippen molar-refractivity contribution in [3.8, 4) is 0 Å². The lowest BCUT2D eigenvalue weighted by atomic mass is 10.1. The van der Waals surface area contributed by atoms with Gasteiger partial charge in [0.1, 0.15) is 0 Å². The molecule has 0 radical (unpaired) electrons. The minimum Gasteiger partial charge on any atom is -0.379 e. The number of ether oxygens (including phenoxy) is 1. The number of carbonyl (C=O) groups excluding carboxylic acids is 1. The number of hydrogen-bond acceptors (Lipinski definition) is 6. The van der Waals surface area contributed by atoms with Gasteiger partial charge in [-0.3, -0.25) is 19.1 Å². The first kappa shape index (κ1) is 26.9. The lowest BCUT2D eigenvalue weighted by molar-refractivity contribution is -0.120. The topological polar surface area (TPSA) is 76.5 Å². The zero-order valence-electron chi connectivity index (χ0n) is 20.3. The SMILES string of the molecule is CCCC(Sc1nc(C)c(Cc2ccc(Br)cc2)c(=O)n1C)C(=O)NCCCN1CCOCC1. The van der Waals surface area contributed by atoms with Crippen molar-refractivity contribution in [3.63, 3.8) is 0 Å². The van der Waals surface area contributed by atoms with Crippen LogP contribution in [-0.4, -0.2) is 65.0 Å². The Kier molecular flexibility index (Phi) is 10.6. The molecule has 0 bridgehead atoms. The van der Waals surface area contributed by atoms with E-state index in [1.807, 2.05) is 31.2 Å². The second-order valence-electron chi connectivity index (χ2n) is 8.62. The predicted octanol–water partition coefficient (Wildman–Crippen LogP) is 3.54. The summed E-state index contributed by atoms with van der Waals surface area (Å²) in [5, 5.41) is 3.40. The molecule has 1 aromatic carbocycles. The smallest absolute Gasteiger partial charge is 0.257 e. The highest BCUT2D eigenvalue weighted by Crippen LogP contribution is 2.25. The van der Waals surface area contributed by atoms with Gasteiger partial charge in [-0.05, 0) is 44.0 Å². The third-order valence-corrected chi connectivity index (χ3v) is 7.83. The normalized spacial score (nSPS) is 15.3. The molecule has 1 aliphatic rings. The van der Waals surface area contributed by atoms with Crippen molar-refractivity contribution in [3.05, 3.63) is 55.9 Å². The average Bonchev–Trinajstić information content (AvgIpc) is 2.84. The Balaban J connectivity index is 1.62. The van der Waals surface area contributed by atoms with Crippen LogP contribution in [0.25, 0.3) is 0 Å². The number of hydrogen-bond donors (Lipinski definition) is 1. The quantitative estimate of drug-likeness (QED) is 0.262.